The Morgan fingerprint density at radius 2 is 2.25 bits per heavy atom. The third kappa shape index (κ3) is 2.41. The summed E-state index contributed by atoms with van der Waals surface area (Å²) in [7, 11) is 1.72. The van der Waals surface area contributed by atoms with Crippen molar-refractivity contribution in [3.05, 3.63) is 27.7 Å². The maximum atomic E-state index is 5.39. The fourth-order valence-corrected chi connectivity index (χ4v) is 3.04. The molecule has 1 aliphatic heterocycles. The predicted octanol–water partition coefficient (Wildman–Crippen LogP) is 3.23. The van der Waals surface area contributed by atoms with Crippen molar-refractivity contribution in [3.8, 4) is 5.75 Å². The maximum absolute atomic E-state index is 5.39. The molecule has 0 bridgehead atoms. The zero-order chi connectivity index (χ0) is 11.5. The van der Waals surface area contributed by atoms with E-state index >= 15 is 0 Å². The Hall–Kier alpha value is -0.540. The lowest BCUT2D eigenvalue weighted by atomic mass is 9.90. The van der Waals surface area contributed by atoms with E-state index in [-0.39, 0.29) is 0 Å². The van der Waals surface area contributed by atoms with Gasteiger partial charge in [-0.05, 0) is 65.4 Å². The van der Waals surface area contributed by atoms with E-state index in [0.717, 1.165) is 23.3 Å². The largest absolute Gasteiger partial charge is 0.496 e. The van der Waals surface area contributed by atoms with Gasteiger partial charge in [-0.25, -0.2) is 0 Å². The summed E-state index contributed by atoms with van der Waals surface area (Å²) in [5.74, 6) is 1.55. The Labute approximate surface area is 106 Å². The number of halogens is 1. The van der Waals surface area contributed by atoms with Gasteiger partial charge in [0.2, 0.25) is 0 Å². The number of ether oxygens (including phenoxy) is 1. The Balaban J connectivity index is 2.34. The lowest BCUT2D eigenvalue weighted by Gasteiger charge is -2.25. The van der Waals surface area contributed by atoms with Gasteiger partial charge >= 0.3 is 0 Å². The number of rotatable bonds is 2. The van der Waals surface area contributed by atoms with Gasteiger partial charge in [0.05, 0.1) is 11.6 Å². The summed E-state index contributed by atoms with van der Waals surface area (Å²) in [5, 5.41) is 3.46. The van der Waals surface area contributed by atoms with Crippen LogP contribution in [0.5, 0.6) is 5.75 Å². The van der Waals surface area contributed by atoms with Crippen molar-refractivity contribution in [1.82, 2.24) is 5.32 Å². The number of piperidine rings is 1. The maximum Gasteiger partial charge on any atom is 0.133 e. The summed E-state index contributed by atoms with van der Waals surface area (Å²) >= 11 is 3.66. The molecule has 1 heterocycles. The summed E-state index contributed by atoms with van der Waals surface area (Å²) in [6, 6.07) is 4.34. The molecule has 0 spiro atoms. The normalized spacial score (nSPS) is 20.8. The number of methoxy groups -OCH3 is 1. The van der Waals surface area contributed by atoms with Crippen LogP contribution in [0, 0.1) is 6.92 Å². The third-order valence-corrected chi connectivity index (χ3v) is 4.02. The molecule has 2 nitrogen and oxygen atoms in total. The van der Waals surface area contributed by atoms with E-state index in [1.165, 1.54) is 24.0 Å². The number of hydrogen-bond donors (Lipinski definition) is 1. The summed E-state index contributed by atoms with van der Waals surface area (Å²) < 4.78 is 6.51. The van der Waals surface area contributed by atoms with Crippen LogP contribution in [0.1, 0.15) is 29.9 Å². The molecule has 1 aromatic carbocycles. The van der Waals surface area contributed by atoms with Crippen molar-refractivity contribution in [2.24, 2.45) is 0 Å². The van der Waals surface area contributed by atoms with Gasteiger partial charge in [0.1, 0.15) is 5.75 Å². The molecule has 1 aliphatic rings. The summed E-state index contributed by atoms with van der Waals surface area (Å²) in [4.78, 5) is 0. The van der Waals surface area contributed by atoms with Crippen molar-refractivity contribution in [3.63, 3.8) is 0 Å². The third-order valence-electron chi connectivity index (χ3n) is 3.17. The van der Waals surface area contributed by atoms with E-state index in [0.29, 0.717) is 5.92 Å². The highest BCUT2D eigenvalue weighted by Crippen LogP contribution is 2.36. The van der Waals surface area contributed by atoms with Crippen LogP contribution in [-0.2, 0) is 0 Å². The molecule has 0 aliphatic carbocycles. The van der Waals surface area contributed by atoms with E-state index in [1.54, 1.807) is 7.11 Å². The minimum Gasteiger partial charge on any atom is -0.496 e. The smallest absolute Gasteiger partial charge is 0.133 e. The second kappa shape index (κ2) is 5.19. The summed E-state index contributed by atoms with van der Waals surface area (Å²) in [6.07, 6.45) is 2.52. The highest BCUT2D eigenvalue weighted by Gasteiger charge is 2.19. The van der Waals surface area contributed by atoms with Gasteiger partial charge in [-0.15, -0.1) is 0 Å². The molecule has 88 valence electrons. The molecule has 0 amide bonds. The molecule has 1 saturated heterocycles. The van der Waals surface area contributed by atoms with Gasteiger partial charge in [-0.3, -0.25) is 0 Å². The average Bonchev–Trinajstić information content (AvgIpc) is 2.33. The highest BCUT2D eigenvalue weighted by atomic mass is 79.9. The van der Waals surface area contributed by atoms with Crippen molar-refractivity contribution in [2.75, 3.05) is 20.2 Å². The standard InChI is InChI=1S/C13H18BrNO/c1-9-6-11(10-4-3-5-15-8-10)13(14)12(7-9)16-2/h6-7,10,15H,3-5,8H2,1-2H3. The lowest BCUT2D eigenvalue weighted by Crippen LogP contribution is -2.28. The molecule has 16 heavy (non-hydrogen) atoms. The van der Waals surface area contributed by atoms with E-state index < -0.39 is 0 Å². The first kappa shape index (κ1) is 11.9. The molecule has 0 radical (unpaired) electrons. The summed E-state index contributed by atoms with van der Waals surface area (Å²) in [5.41, 5.74) is 2.64. The zero-order valence-corrected chi connectivity index (χ0v) is 11.4. The van der Waals surface area contributed by atoms with Gasteiger partial charge in [-0.2, -0.15) is 0 Å². The molecule has 1 fully saturated rings. The van der Waals surface area contributed by atoms with Crippen LogP contribution >= 0.6 is 15.9 Å². The van der Waals surface area contributed by atoms with Crippen LogP contribution in [0.3, 0.4) is 0 Å². The molecule has 0 aromatic heterocycles. The monoisotopic (exact) mass is 283 g/mol. The van der Waals surface area contributed by atoms with Gasteiger partial charge in [0.25, 0.3) is 0 Å². The number of benzene rings is 1. The van der Waals surface area contributed by atoms with Crippen molar-refractivity contribution >= 4 is 15.9 Å². The quantitative estimate of drug-likeness (QED) is 0.900. The first-order valence-corrected chi connectivity index (χ1v) is 6.56. The Kier molecular flexibility index (Phi) is 3.87. The Bertz CT molecular complexity index is 372. The minimum absolute atomic E-state index is 0.608. The van der Waals surface area contributed by atoms with Crippen molar-refractivity contribution < 1.29 is 4.74 Å². The average molecular weight is 284 g/mol. The van der Waals surface area contributed by atoms with Gasteiger partial charge in [-0.1, -0.05) is 6.07 Å². The fraction of sp³-hybridized carbons (Fsp3) is 0.538. The molecule has 3 heteroatoms. The molecular weight excluding hydrogens is 266 g/mol. The van der Waals surface area contributed by atoms with E-state index in [1.807, 2.05) is 0 Å². The molecule has 1 aromatic rings. The molecule has 1 atom stereocenters. The Morgan fingerprint density at radius 3 is 2.88 bits per heavy atom. The molecule has 1 N–H and O–H groups in total. The number of aryl methyl sites for hydroxylation is 1. The van der Waals surface area contributed by atoms with Crippen LogP contribution < -0.4 is 10.1 Å². The van der Waals surface area contributed by atoms with Crippen LogP contribution in [0.4, 0.5) is 0 Å². The topological polar surface area (TPSA) is 21.3 Å². The summed E-state index contributed by atoms with van der Waals surface area (Å²) in [6.45, 7) is 4.34. The van der Waals surface area contributed by atoms with Crippen molar-refractivity contribution in [2.45, 2.75) is 25.7 Å². The first-order valence-electron chi connectivity index (χ1n) is 5.77. The highest BCUT2D eigenvalue weighted by molar-refractivity contribution is 9.10. The van der Waals surface area contributed by atoms with Gasteiger partial charge < -0.3 is 10.1 Å². The van der Waals surface area contributed by atoms with E-state index in [9.17, 15) is 0 Å². The lowest BCUT2D eigenvalue weighted by molar-refractivity contribution is 0.407. The second-order valence-corrected chi connectivity index (χ2v) is 5.21. The first-order chi connectivity index (χ1) is 7.72. The van der Waals surface area contributed by atoms with E-state index in [2.05, 4.69) is 40.3 Å². The SMILES string of the molecule is COc1cc(C)cc(C2CCCNC2)c1Br. The van der Waals surface area contributed by atoms with Gasteiger partial charge in [0.15, 0.2) is 0 Å². The van der Waals surface area contributed by atoms with Crippen LogP contribution in [0.15, 0.2) is 16.6 Å². The predicted molar refractivity (Wildman–Crippen MR) is 70.3 cm³/mol. The second-order valence-electron chi connectivity index (χ2n) is 4.41. The van der Waals surface area contributed by atoms with Crippen LogP contribution in [-0.4, -0.2) is 20.2 Å². The fourth-order valence-electron chi connectivity index (χ4n) is 2.33. The number of nitrogens with one attached hydrogen (secondary N) is 1. The zero-order valence-electron chi connectivity index (χ0n) is 9.85. The van der Waals surface area contributed by atoms with Gasteiger partial charge in [0, 0.05) is 6.54 Å². The molecule has 2 rings (SSSR count). The Morgan fingerprint density at radius 1 is 1.44 bits per heavy atom. The van der Waals surface area contributed by atoms with Crippen LogP contribution in [0.25, 0.3) is 0 Å². The van der Waals surface area contributed by atoms with E-state index in [4.69, 9.17) is 4.74 Å². The minimum atomic E-state index is 0.608. The molecular formula is C13H18BrNO. The molecule has 1 unspecified atom stereocenters. The van der Waals surface area contributed by atoms with Crippen LogP contribution in [0.2, 0.25) is 0 Å². The number of hydrogen-bond acceptors (Lipinski definition) is 2. The van der Waals surface area contributed by atoms with Crippen molar-refractivity contribution in [1.29, 1.82) is 0 Å². The molecule has 0 saturated carbocycles.